The Labute approximate surface area is 117 Å². The molecule has 0 fully saturated rings. The molecule has 0 spiro atoms. The number of aromatic nitrogens is 2. The Bertz CT molecular complexity index is 539. The van der Waals surface area contributed by atoms with Crippen molar-refractivity contribution in [2.45, 2.75) is 19.9 Å². The van der Waals surface area contributed by atoms with Gasteiger partial charge in [-0.1, -0.05) is 35.5 Å². The van der Waals surface area contributed by atoms with Crippen molar-refractivity contribution in [3.63, 3.8) is 0 Å². The number of amides is 1. The van der Waals surface area contributed by atoms with Crippen LogP contribution in [0.4, 0.5) is 0 Å². The summed E-state index contributed by atoms with van der Waals surface area (Å²) in [5.41, 5.74) is 1.15. The Morgan fingerprint density at radius 3 is 2.80 bits per heavy atom. The van der Waals surface area contributed by atoms with Gasteiger partial charge in [0.05, 0.1) is 6.54 Å². The number of hydrogen-bond acceptors (Lipinski definition) is 5. The predicted octanol–water partition coefficient (Wildman–Crippen LogP) is 0.886. The minimum Gasteiger partial charge on any atom is -0.355 e. The van der Waals surface area contributed by atoms with Crippen molar-refractivity contribution in [2.24, 2.45) is 0 Å². The van der Waals surface area contributed by atoms with Crippen molar-refractivity contribution in [1.82, 2.24) is 20.8 Å². The molecule has 20 heavy (non-hydrogen) atoms. The monoisotopic (exact) mass is 274 g/mol. The largest absolute Gasteiger partial charge is 0.355 e. The van der Waals surface area contributed by atoms with Crippen LogP contribution in [0.2, 0.25) is 0 Å². The highest BCUT2D eigenvalue weighted by Crippen LogP contribution is 2.06. The number of carbonyl (C=O) groups is 1. The van der Waals surface area contributed by atoms with Crippen LogP contribution >= 0.6 is 0 Å². The first-order valence-corrected chi connectivity index (χ1v) is 6.54. The first-order valence-electron chi connectivity index (χ1n) is 6.54. The minimum atomic E-state index is -0.0327. The molecule has 2 aromatic rings. The summed E-state index contributed by atoms with van der Waals surface area (Å²) in [5.74, 6) is 1.20. The van der Waals surface area contributed by atoms with E-state index in [9.17, 15) is 4.79 Å². The number of benzene rings is 1. The van der Waals surface area contributed by atoms with Gasteiger partial charge < -0.3 is 15.2 Å². The normalized spacial score (nSPS) is 10.4. The Morgan fingerprint density at radius 2 is 2.05 bits per heavy atom. The molecule has 2 N–H and O–H groups in total. The molecule has 0 aliphatic carbocycles. The molecule has 6 nitrogen and oxygen atoms in total. The lowest BCUT2D eigenvalue weighted by Gasteiger charge is -2.01. The van der Waals surface area contributed by atoms with Gasteiger partial charge in [-0.25, -0.2) is 0 Å². The summed E-state index contributed by atoms with van der Waals surface area (Å²) < 4.78 is 5.15. The molecule has 1 aromatic heterocycles. The standard InChI is InChI=1S/C14H18N4O2/c1-11(19)16-8-7-15-10-14-17-13(18-20-14)9-12-5-3-2-4-6-12/h2-6,15H,7-10H2,1H3,(H,16,19). The molecular weight excluding hydrogens is 256 g/mol. The smallest absolute Gasteiger partial charge is 0.240 e. The molecule has 0 bridgehead atoms. The zero-order valence-electron chi connectivity index (χ0n) is 11.4. The molecule has 0 unspecified atom stereocenters. The second kappa shape index (κ2) is 7.40. The summed E-state index contributed by atoms with van der Waals surface area (Å²) in [4.78, 5) is 15.0. The molecule has 106 valence electrons. The van der Waals surface area contributed by atoms with E-state index >= 15 is 0 Å². The van der Waals surface area contributed by atoms with Crippen LogP contribution in [0.15, 0.2) is 34.9 Å². The molecule has 1 heterocycles. The average molecular weight is 274 g/mol. The fourth-order valence-electron chi connectivity index (χ4n) is 1.73. The van der Waals surface area contributed by atoms with Crippen molar-refractivity contribution in [3.8, 4) is 0 Å². The lowest BCUT2D eigenvalue weighted by atomic mass is 10.1. The minimum absolute atomic E-state index is 0.0327. The highest BCUT2D eigenvalue weighted by atomic mass is 16.5. The zero-order valence-corrected chi connectivity index (χ0v) is 11.4. The van der Waals surface area contributed by atoms with Gasteiger partial charge in [0.2, 0.25) is 11.8 Å². The summed E-state index contributed by atoms with van der Waals surface area (Å²) in [7, 11) is 0. The van der Waals surface area contributed by atoms with E-state index in [4.69, 9.17) is 4.52 Å². The number of nitrogens with one attached hydrogen (secondary N) is 2. The van der Waals surface area contributed by atoms with Gasteiger partial charge in [0.25, 0.3) is 0 Å². The summed E-state index contributed by atoms with van der Waals surface area (Å²) >= 11 is 0. The van der Waals surface area contributed by atoms with E-state index in [-0.39, 0.29) is 5.91 Å². The zero-order chi connectivity index (χ0) is 14.2. The quantitative estimate of drug-likeness (QED) is 0.733. The first kappa shape index (κ1) is 14.2. The van der Waals surface area contributed by atoms with E-state index in [0.717, 1.165) is 5.56 Å². The van der Waals surface area contributed by atoms with E-state index in [0.29, 0.717) is 37.8 Å². The van der Waals surface area contributed by atoms with Crippen LogP contribution in [0, 0.1) is 0 Å². The fraction of sp³-hybridized carbons (Fsp3) is 0.357. The van der Waals surface area contributed by atoms with Crippen LogP contribution < -0.4 is 10.6 Å². The van der Waals surface area contributed by atoms with Gasteiger partial charge in [-0.05, 0) is 5.56 Å². The van der Waals surface area contributed by atoms with E-state index in [1.807, 2.05) is 30.3 Å². The molecule has 0 saturated carbocycles. The van der Waals surface area contributed by atoms with Crippen LogP contribution in [-0.2, 0) is 17.8 Å². The van der Waals surface area contributed by atoms with Gasteiger partial charge in [0.1, 0.15) is 0 Å². The van der Waals surface area contributed by atoms with Gasteiger partial charge in [-0.3, -0.25) is 4.79 Å². The van der Waals surface area contributed by atoms with Gasteiger partial charge in [-0.15, -0.1) is 0 Å². The Kier molecular flexibility index (Phi) is 5.25. The van der Waals surface area contributed by atoms with Crippen LogP contribution in [0.25, 0.3) is 0 Å². The van der Waals surface area contributed by atoms with E-state index in [2.05, 4.69) is 20.8 Å². The number of nitrogens with zero attached hydrogens (tertiary/aromatic N) is 2. The lowest BCUT2D eigenvalue weighted by Crippen LogP contribution is -2.29. The topological polar surface area (TPSA) is 80.0 Å². The number of hydrogen-bond donors (Lipinski definition) is 2. The molecule has 1 aromatic carbocycles. The molecule has 0 radical (unpaired) electrons. The van der Waals surface area contributed by atoms with Gasteiger partial charge in [-0.2, -0.15) is 4.98 Å². The highest BCUT2D eigenvalue weighted by Gasteiger charge is 2.06. The molecule has 0 aliphatic heterocycles. The van der Waals surface area contributed by atoms with Crippen molar-refractivity contribution < 1.29 is 9.32 Å². The number of carbonyl (C=O) groups excluding carboxylic acids is 1. The third-order valence-electron chi connectivity index (χ3n) is 2.67. The Balaban J connectivity index is 1.73. The van der Waals surface area contributed by atoms with Crippen molar-refractivity contribution in [1.29, 1.82) is 0 Å². The van der Waals surface area contributed by atoms with Crippen LogP contribution in [-0.4, -0.2) is 29.1 Å². The molecule has 0 saturated heterocycles. The van der Waals surface area contributed by atoms with Crippen LogP contribution in [0.3, 0.4) is 0 Å². The maximum Gasteiger partial charge on any atom is 0.240 e. The second-order valence-electron chi connectivity index (χ2n) is 4.43. The van der Waals surface area contributed by atoms with E-state index in [1.165, 1.54) is 6.92 Å². The van der Waals surface area contributed by atoms with Crippen molar-refractivity contribution in [2.75, 3.05) is 13.1 Å². The second-order valence-corrected chi connectivity index (χ2v) is 4.43. The van der Waals surface area contributed by atoms with Gasteiger partial charge in [0.15, 0.2) is 5.82 Å². The van der Waals surface area contributed by atoms with Gasteiger partial charge >= 0.3 is 0 Å². The summed E-state index contributed by atoms with van der Waals surface area (Å²) in [5, 5.41) is 9.77. The summed E-state index contributed by atoms with van der Waals surface area (Å²) in [6.07, 6.45) is 0.663. The molecule has 0 atom stereocenters. The summed E-state index contributed by atoms with van der Waals surface area (Å²) in [6.45, 7) is 3.24. The molecular formula is C14H18N4O2. The SMILES string of the molecule is CC(=O)NCCNCc1nc(Cc2ccccc2)no1. The molecule has 1 amide bonds. The maximum absolute atomic E-state index is 10.7. The van der Waals surface area contributed by atoms with E-state index < -0.39 is 0 Å². The lowest BCUT2D eigenvalue weighted by molar-refractivity contribution is -0.118. The summed E-state index contributed by atoms with van der Waals surface area (Å²) in [6, 6.07) is 10.0. The third-order valence-corrected chi connectivity index (χ3v) is 2.67. The Morgan fingerprint density at radius 1 is 1.25 bits per heavy atom. The van der Waals surface area contributed by atoms with Gasteiger partial charge in [0, 0.05) is 26.4 Å². The van der Waals surface area contributed by atoms with Crippen LogP contribution in [0.5, 0.6) is 0 Å². The van der Waals surface area contributed by atoms with Crippen molar-refractivity contribution in [3.05, 3.63) is 47.6 Å². The first-order chi connectivity index (χ1) is 9.74. The fourth-order valence-corrected chi connectivity index (χ4v) is 1.73. The molecule has 6 heteroatoms. The molecule has 2 rings (SSSR count). The van der Waals surface area contributed by atoms with Crippen molar-refractivity contribution >= 4 is 5.91 Å². The highest BCUT2D eigenvalue weighted by molar-refractivity contribution is 5.72. The Hall–Kier alpha value is -2.21. The van der Waals surface area contributed by atoms with Crippen LogP contribution in [0.1, 0.15) is 24.2 Å². The average Bonchev–Trinajstić information content (AvgIpc) is 2.87. The maximum atomic E-state index is 10.7. The third kappa shape index (κ3) is 4.81. The van der Waals surface area contributed by atoms with E-state index in [1.54, 1.807) is 0 Å². The number of rotatable bonds is 7. The predicted molar refractivity (Wildman–Crippen MR) is 73.9 cm³/mol. The molecule has 0 aliphatic rings.